The molecule has 1 amide bonds. The van der Waals surface area contributed by atoms with Crippen LogP contribution in [0.4, 0.5) is 4.39 Å². The van der Waals surface area contributed by atoms with E-state index in [1.807, 2.05) is 30.3 Å². The van der Waals surface area contributed by atoms with Crippen molar-refractivity contribution >= 4 is 5.91 Å². The SMILES string of the molecule is Cn1nccc1C(=O)NCCCc1ccc(-c2ccccc2F)cc1. The van der Waals surface area contributed by atoms with Crippen LogP contribution < -0.4 is 5.32 Å². The molecule has 0 saturated carbocycles. The Morgan fingerprint density at radius 1 is 1.12 bits per heavy atom. The second-order valence-corrected chi connectivity index (χ2v) is 5.88. The first kappa shape index (κ1) is 16.9. The number of halogens is 1. The van der Waals surface area contributed by atoms with Crippen molar-refractivity contribution in [1.82, 2.24) is 15.1 Å². The van der Waals surface area contributed by atoms with Gasteiger partial charge in [0.25, 0.3) is 5.91 Å². The van der Waals surface area contributed by atoms with Crippen LogP contribution in [0.25, 0.3) is 11.1 Å². The summed E-state index contributed by atoms with van der Waals surface area (Å²) in [6.45, 7) is 0.596. The Morgan fingerprint density at radius 3 is 2.56 bits per heavy atom. The standard InChI is InChI=1S/C20H20FN3O/c1-24-19(12-14-23-24)20(25)22-13-4-5-15-8-10-16(11-9-15)17-6-2-3-7-18(17)21/h2-3,6-12,14H,4-5,13H2,1H3,(H,22,25). The molecule has 0 radical (unpaired) electrons. The number of aromatic nitrogens is 2. The predicted octanol–water partition coefficient (Wildman–Crippen LogP) is 3.59. The zero-order valence-corrected chi connectivity index (χ0v) is 14.1. The van der Waals surface area contributed by atoms with Gasteiger partial charge in [0.1, 0.15) is 11.5 Å². The molecule has 0 bridgehead atoms. The average Bonchev–Trinajstić information content (AvgIpc) is 3.06. The monoisotopic (exact) mass is 337 g/mol. The lowest BCUT2D eigenvalue weighted by molar-refractivity contribution is 0.0944. The first-order chi connectivity index (χ1) is 12.1. The predicted molar refractivity (Wildman–Crippen MR) is 95.7 cm³/mol. The molecule has 1 heterocycles. The van der Waals surface area contributed by atoms with Crippen molar-refractivity contribution in [3.63, 3.8) is 0 Å². The Labute approximate surface area is 146 Å². The number of carbonyl (C=O) groups is 1. The summed E-state index contributed by atoms with van der Waals surface area (Å²) in [6.07, 6.45) is 3.29. The molecule has 3 rings (SSSR count). The second-order valence-electron chi connectivity index (χ2n) is 5.88. The number of nitrogens with one attached hydrogen (secondary N) is 1. The van der Waals surface area contributed by atoms with Crippen LogP contribution in [0.15, 0.2) is 60.8 Å². The van der Waals surface area contributed by atoms with E-state index in [1.54, 1.807) is 36.1 Å². The summed E-state index contributed by atoms with van der Waals surface area (Å²) in [7, 11) is 1.74. The zero-order chi connectivity index (χ0) is 17.6. The topological polar surface area (TPSA) is 46.9 Å². The maximum Gasteiger partial charge on any atom is 0.269 e. The highest BCUT2D eigenvalue weighted by molar-refractivity contribution is 5.92. The highest BCUT2D eigenvalue weighted by Gasteiger charge is 2.08. The van der Waals surface area contributed by atoms with Gasteiger partial charge in [-0.15, -0.1) is 0 Å². The van der Waals surface area contributed by atoms with E-state index in [9.17, 15) is 9.18 Å². The number of benzene rings is 2. The van der Waals surface area contributed by atoms with E-state index in [0.717, 1.165) is 24.0 Å². The van der Waals surface area contributed by atoms with Gasteiger partial charge < -0.3 is 5.32 Å². The van der Waals surface area contributed by atoms with Crippen LogP contribution in [0.1, 0.15) is 22.5 Å². The lowest BCUT2D eigenvalue weighted by Crippen LogP contribution is -2.26. The van der Waals surface area contributed by atoms with E-state index in [1.165, 1.54) is 6.07 Å². The molecule has 0 fully saturated rings. The largest absolute Gasteiger partial charge is 0.351 e. The summed E-state index contributed by atoms with van der Waals surface area (Å²) in [5, 5.41) is 6.87. The van der Waals surface area contributed by atoms with Gasteiger partial charge in [0.05, 0.1) is 0 Å². The molecule has 0 saturated heterocycles. The van der Waals surface area contributed by atoms with E-state index in [4.69, 9.17) is 0 Å². The molecule has 0 atom stereocenters. The molecule has 5 heteroatoms. The Bertz CT molecular complexity index is 855. The highest BCUT2D eigenvalue weighted by atomic mass is 19.1. The number of rotatable bonds is 6. The molecule has 1 N–H and O–H groups in total. The van der Waals surface area contributed by atoms with Gasteiger partial charge in [-0.05, 0) is 36.1 Å². The molecule has 3 aromatic rings. The molecule has 1 aromatic heterocycles. The van der Waals surface area contributed by atoms with Crippen molar-refractivity contribution in [2.75, 3.05) is 6.54 Å². The van der Waals surface area contributed by atoms with Crippen LogP contribution in [-0.2, 0) is 13.5 Å². The summed E-state index contributed by atoms with van der Waals surface area (Å²) in [5.74, 6) is -0.331. The van der Waals surface area contributed by atoms with Crippen molar-refractivity contribution in [1.29, 1.82) is 0 Å². The minimum Gasteiger partial charge on any atom is -0.351 e. The summed E-state index contributed by atoms with van der Waals surface area (Å²) < 4.78 is 15.4. The van der Waals surface area contributed by atoms with E-state index in [2.05, 4.69) is 10.4 Å². The van der Waals surface area contributed by atoms with E-state index < -0.39 is 0 Å². The van der Waals surface area contributed by atoms with Crippen LogP contribution in [0.2, 0.25) is 0 Å². The third-order valence-electron chi connectivity index (χ3n) is 4.12. The average molecular weight is 337 g/mol. The molecule has 25 heavy (non-hydrogen) atoms. The minimum atomic E-state index is -0.215. The lowest BCUT2D eigenvalue weighted by atomic mass is 10.0. The number of aryl methyl sites for hydroxylation is 2. The van der Waals surface area contributed by atoms with Crippen LogP contribution in [0.5, 0.6) is 0 Å². The molecule has 0 spiro atoms. The van der Waals surface area contributed by atoms with Crippen molar-refractivity contribution in [2.24, 2.45) is 7.05 Å². The molecule has 2 aromatic carbocycles. The van der Waals surface area contributed by atoms with Gasteiger partial charge in [0.2, 0.25) is 0 Å². The first-order valence-electron chi connectivity index (χ1n) is 8.25. The van der Waals surface area contributed by atoms with Crippen molar-refractivity contribution in [3.05, 3.63) is 77.9 Å². The number of nitrogens with zero attached hydrogens (tertiary/aromatic N) is 2. The number of amides is 1. The maximum atomic E-state index is 13.8. The molecule has 0 unspecified atom stereocenters. The van der Waals surface area contributed by atoms with Gasteiger partial charge >= 0.3 is 0 Å². The van der Waals surface area contributed by atoms with Gasteiger partial charge in [-0.1, -0.05) is 42.5 Å². The molecule has 4 nitrogen and oxygen atoms in total. The summed E-state index contributed by atoms with van der Waals surface area (Å²) in [6, 6.07) is 16.3. The van der Waals surface area contributed by atoms with Crippen LogP contribution in [0.3, 0.4) is 0 Å². The molecular formula is C20H20FN3O. The van der Waals surface area contributed by atoms with Gasteiger partial charge in [-0.25, -0.2) is 4.39 Å². The van der Waals surface area contributed by atoms with Gasteiger partial charge in [0, 0.05) is 25.4 Å². The van der Waals surface area contributed by atoms with Crippen molar-refractivity contribution in [3.8, 4) is 11.1 Å². The molecule has 0 aliphatic heterocycles. The molecule has 128 valence electrons. The smallest absolute Gasteiger partial charge is 0.269 e. The second kappa shape index (κ2) is 7.75. The van der Waals surface area contributed by atoms with Crippen LogP contribution >= 0.6 is 0 Å². The quantitative estimate of drug-likeness (QED) is 0.699. The van der Waals surface area contributed by atoms with Crippen molar-refractivity contribution in [2.45, 2.75) is 12.8 Å². The zero-order valence-electron chi connectivity index (χ0n) is 14.1. The highest BCUT2D eigenvalue weighted by Crippen LogP contribution is 2.22. The van der Waals surface area contributed by atoms with E-state index >= 15 is 0 Å². The Hall–Kier alpha value is -2.95. The summed E-state index contributed by atoms with van der Waals surface area (Å²) in [4.78, 5) is 12.0. The van der Waals surface area contributed by atoms with Gasteiger partial charge in [0.15, 0.2) is 0 Å². The normalized spacial score (nSPS) is 10.6. The maximum absolute atomic E-state index is 13.8. The van der Waals surface area contributed by atoms with Crippen molar-refractivity contribution < 1.29 is 9.18 Å². The lowest BCUT2D eigenvalue weighted by Gasteiger charge is -2.07. The Kier molecular flexibility index (Phi) is 5.23. The summed E-state index contributed by atoms with van der Waals surface area (Å²) >= 11 is 0. The molecular weight excluding hydrogens is 317 g/mol. The Balaban J connectivity index is 1.50. The van der Waals surface area contributed by atoms with Crippen LogP contribution in [-0.4, -0.2) is 22.2 Å². The number of hydrogen-bond acceptors (Lipinski definition) is 2. The van der Waals surface area contributed by atoms with E-state index in [0.29, 0.717) is 17.8 Å². The van der Waals surface area contributed by atoms with Gasteiger partial charge in [-0.2, -0.15) is 5.10 Å². The molecule has 0 aliphatic rings. The number of hydrogen-bond donors (Lipinski definition) is 1. The fraction of sp³-hybridized carbons (Fsp3) is 0.200. The molecule has 0 aliphatic carbocycles. The Morgan fingerprint density at radius 2 is 1.88 bits per heavy atom. The summed E-state index contributed by atoms with van der Waals surface area (Å²) in [5.41, 5.74) is 3.19. The van der Waals surface area contributed by atoms with Crippen LogP contribution in [0, 0.1) is 5.82 Å². The first-order valence-corrected chi connectivity index (χ1v) is 8.25. The van der Waals surface area contributed by atoms with E-state index in [-0.39, 0.29) is 11.7 Å². The minimum absolute atomic E-state index is 0.116. The fourth-order valence-electron chi connectivity index (χ4n) is 2.73. The van der Waals surface area contributed by atoms with Gasteiger partial charge in [-0.3, -0.25) is 9.48 Å². The fourth-order valence-corrected chi connectivity index (χ4v) is 2.73. The third kappa shape index (κ3) is 4.12. The number of carbonyl (C=O) groups excluding carboxylic acids is 1. The third-order valence-corrected chi connectivity index (χ3v) is 4.12.